The molecule has 0 unspecified atom stereocenters. The number of hydrogen-bond donors (Lipinski definition) is 3. The van der Waals surface area contributed by atoms with Crippen LogP contribution in [0.1, 0.15) is 55.2 Å². The molecule has 76 heavy (non-hydrogen) atoms. The summed E-state index contributed by atoms with van der Waals surface area (Å²) < 4.78 is 87.1. The molecule has 0 radical (unpaired) electrons. The van der Waals surface area contributed by atoms with E-state index in [-0.39, 0.29) is 28.1 Å². The first-order valence-electron chi connectivity index (χ1n) is 25.1. The molecule has 398 valence electrons. The van der Waals surface area contributed by atoms with Crippen LogP contribution in [0.3, 0.4) is 0 Å². The van der Waals surface area contributed by atoms with Gasteiger partial charge in [0, 0.05) is 110 Å². The van der Waals surface area contributed by atoms with E-state index >= 15 is 4.39 Å². The van der Waals surface area contributed by atoms with Gasteiger partial charge in [-0.2, -0.15) is 4.98 Å². The summed E-state index contributed by atoms with van der Waals surface area (Å²) >= 11 is 6.30. The van der Waals surface area contributed by atoms with E-state index in [1.807, 2.05) is 64.6 Å². The SMILES string of the molecule is Cc1c(S(C)(=O)=O)c(-c2cc(F)cc(N3CCN(c4ccc(C(=O)NS(=O)(=O)c5ccc(NCC6CCOCC6)c([N+](=O)[O-])c5)c(N5CCCOc6nc7[nH]ccc7cc65)c4)CC3)c2)c(-c2ccc(Cl)cc2)n1C(C)C. The van der Waals surface area contributed by atoms with Gasteiger partial charge in [0.05, 0.1) is 38.3 Å². The zero-order valence-corrected chi connectivity index (χ0v) is 44.7. The number of piperazine rings is 1. The van der Waals surface area contributed by atoms with Crippen LogP contribution in [0.25, 0.3) is 33.4 Å². The van der Waals surface area contributed by atoms with E-state index in [0.717, 1.165) is 29.9 Å². The van der Waals surface area contributed by atoms with Crippen molar-refractivity contribution in [1.29, 1.82) is 0 Å². The number of pyridine rings is 1. The lowest BCUT2D eigenvalue weighted by Crippen LogP contribution is -2.46. The monoisotopic (exact) mass is 1090 g/mol. The van der Waals surface area contributed by atoms with Crippen molar-refractivity contribution in [1.82, 2.24) is 19.3 Å². The van der Waals surface area contributed by atoms with Crippen LogP contribution in [-0.4, -0.2) is 108 Å². The van der Waals surface area contributed by atoms with E-state index in [2.05, 4.69) is 19.9 Å². The first kappa shape index (κ1) is 52.3. The minimum absolute atomic E-state index is 0.0116. The van der Waals surface area contributed by atoms with Gasteiger partial charge in [0.25, 0.3) is 21.6 Å². The fraction of sp³-hybridized carbons (Fsp3) is 0.333. The first-order valence-corrected chi connectivity index (χ1v) is 28.8. The predicted octanol–water partition coefficient (Wildman–Crippen LogP) is 9.90. The van der Waals surface area contributed by atoms with Gasteiger partial charge in [0.2, 0.25) is 5.88 Å². The second-order valence-electron chi connectivity index (χ2n) is 19.6. The molecule has 2 fully saturated rings. The number of carbonyl (C=O) groups excluding carboxylic acids is 1. The Labute approximate surface area is 444 Å². The maximum atomic E-state index is 16.0. The van der Waals surface area contributed by atoms with E-state index in [9.17, 15) is 31.7 Å². The second-order valence-corrected chi connectivity index (χ2v) is 23.7. The number of ether oxygens (including phenoxy) is 2. The molecule has 18 nitrogen and oxygen atoms in total. The lowest BCUT2D eigenvalue weighted by Gasteiger charge is -2.38. The number of halogens is 2. The molecule has 2 saturated heterocycles. The average molecular weight is 1090 g/mol. The van der Waals surface area contributed by atoms with Gasteiger partial charge in [-0.25, -0.2) is 25.9 Å². The first-order chi connectivity index (χ1) is 36.3. The maximum Gasteiger partial charge on any atom is 0.293 e. The minimum atomic E-state index is -4.66. The normalized spacial score (nSPS) is 15.6. The van der Waals surface area contributed by atoms with E-state index in [1.165, 1.54) is 30.5 Å². The molecule has 0 saturated carbocycles. The number of nitrogens with zero attached hydrogens (tertiary/aromatic N) is 6. The number of hydrogen-bond acceptors (Lipinski definition) is 14. The summed E-state index contributed by atoms with van der Waals surface area (Å²) in [6, 6.07) is 24.0. The number of anilines is 5. The number of sulfone groups is 1. The van der Waals surface area contributed by atoms with Gasteiger partial charge < -0.3 is 39.0 Å². The van der Waals surface area contributed by atoms with Crippen LogP contribution in [0.2, 0.25) is 5.02 Å². The number of nitro groups is 1. The summed E-state index contributed by atoms with van der Waals surface area (Å²) in [4.78, 5) is 39.7. The highest BCUT2D eigenvalue weighted by Gasteiger charge is 2.33. The molecule has 0 spiro atoms. The smallest absolute Gasteiger partial charge is 0.293 e. The Balaban J connectivity index is 0.962. The zero-order chi connectivity index (χ0) is 53.6. The molecule has 22 heteroatoms. The van der Waals surface area contributed by atoms with Crippen molar-refractivity contribution in [3.63, 3.8) is 0 Å². The Morgan fingerprint density at radius 1 is 0.882 bits per heavy atom. The fourth-order valence-corrected chi connectivity index (χ4v) is 13.0. The number of nitro benzene ring substituents is 1. The molecule has 0 bridgehead atoms. The summed E-state index contributed by atoms with van der Waals surface area (Å²) in [5.41, 5.74) is 5.24. The minimum Gasteiger partial charge on any atom is -0.476 e. The zero-order valence-electron chi connectivity index (χ0n) is 42.3. The Kier molecular flexibility index (Phi) is 14.5. The highest BCUT2D eigenvalue weighted by Crippen LogP contribution is 2.45. The standard InChI is InChI=1S/C54H57ClFN9O9S2/c1-33(2)64-34(3)51(75(4,69)70)49(50(64)36-6-8-39(55)9-7-36)38-26-40(56)29-42(27-38)62-21-19-61(20-22-62)41-10-12-44(46(30-41)63-18-5-23-74-54-48(63)28-37-14-17-57-52(37)59-54)53(66)60-76(71,72)43-11-13-45(47(31-43)65(67)68)58-32-35-15-24-73-25-16-35/h6-14,17,26-31,33,35,58H,5,15-16,18-25,32H2,1-4H3,(H,57,59)(H,60,66). The van der Waals surface area contributed by atoms with Crippen LogP contribution < -0.4 is 29.5 Å². The lowest BCUT2D eigenvalue weighted by atomic mass is 9.99. The van der Waals surface area contributed by atoms with Crippen LogP contribution in [0, 0.1) is 28.8 Å². The number of benzene rings is 4. The van der Waals surface area contributed by atoms with Gasteiger partial charge in [-0.15, -0.1) is 0 Å². The summed E-state index contributed by atoms with van der Waals surface area (Å²) in [5, 5.41) is 16.7. The largest absolute Gasteiger partial charge is 0.476 e. The number of aromatic amines is 1. The number of amides is 1. The average Bonchev–Trinajstić information content (AvgIpc) is 3.93. The fourth-order valence-electron chi connectivity index (χ4n) is 10.6. The topological polar surface area (TPSA) is 214 Å². The molecule has 10 rings (SSSR count). The highest BCUT2D eigenvalue weighted by molar-refractivity contribution is 7.91. The third-order valence-corrected chi connectivity index (χ3v) is 17.1. The number of H-pyrrole nitrogens is 1. The molecule has 7 aromatic rings. The molecule has 4 aromatic carbocycles. The molecule has 0 atom stereocenters. The Morgan fingerprint density at radius 2 is 1.61 bits per heavy atom. The maximum absolute atomic E-state index is 16.0. The van der Waals surface area contributed by atoms with Crippen molar-refractivity contribution in [2.24, 2.45) is 5.92 Å². The molecular formula is C54H57ClFN9O9S2. The van der Waals surface area contributed by atoms with Crippen molar-refractivity contribution < 1.29 is 40.4 Å². The van der Waals surface area contributed by atoms with E-state index in [1.54, 1.807) is 37.4 Å². The number of carbonyl (C=O) groups is 1. The van der Waals surface area contributed by atoms with Crippen molar-refractivity contribution in [3.8, 4) is 28.3 Å². The van der Waals surface area contributed by atoms with Gasteiger partial charge >= 0.3 is 0 Å². The predicted molar refractivity (Wildman–Crippen MR) is 292 cm³/mol. The Bertz CT molecular complexity index is 3610. The van der Waals surface area contributed by atoms with Crippen molar-refractivity contribution in [2.45, 2.75) is 55.9 Å². The van der Waals surface area contributed by atoms with Crippen LogP contribution in [0.5, 0.6) is 5.88 Å². The van der Waals surface area contributed by atoms with E-state index in [4.69, 9.17) is 26.1 Å². The Hall–Kier alpha value is -7.20. The summed E-state index contributed by atoms with van der Waals surface area (Å²) in [5.74, 6) is -0.943. The van der Waals surface area contributed by atoms with Crippen molar-refractivity contribution in [3.05, 3.63) is 129 Å². The van der Waals surface area contributed by atoms with Gasteiger partial charge in [-0.3, -0.25) is 14.9 Å². The summed E-state index contributed by atoms with van der Waals surface area (Å²) in [6.45, 7) is 9.80. The van der Waals surface area contributed by atoms with E-state index < -0.39 is 47.1 Å². The van der Waals surface area contributed by atoms with Crippen molar-refractivity contribution in [2.75, 3.05) is 85.4 Å². The van der Waals surface area contributed by atoms with Crippen LogP contribution in [0.15, 0.2) is 107 Å². The molecule has 3 aliphatic heterocycles. The van der Waals surface area contributed by atoms with Crippen LogP contribution in [0.4, 0.5) is 38.5 Å². The van der Waals surface area contributed by atoms with E-state index in [0.29, 0.717) is 127 Å². The van der Waals surface area contributed by atoms with Crippen LogP contribution in [-0.2, 0) is 24.6 Å². The third kappa shape index (κ3) is 10.5. The van der Waals surface area contributed by atoms with Gasteiger partial charge in [-0.1, -0.05) is 23.7 Å². The summed E-state index contributed by atoms with van der Waals surface area (Å²) in [7, 11) is -8.48. The van der Waals surface area contributed by atoms with Gasteiger partial charge in [0.1, 0.15) is 22.8 Å². The second kappa shape index (κ2) is 21.1. The number of rotatable bonds is 14. The number of sulfonamides is 1. The van der Waals surface area contributed by atoms with Crippen molar-refractivity contribution >= 4 is 82.5 Å². The molecule has 3 aliphatic rings. The number of nitrogens with one attached hydrogen (secondary N) is 3. The molecule has 3 aromatic heterocycles. The molecule has 1 amide bonds. The lowest BCUT2D eigenvalue weighted by molar-refractivity contribution is -0.384. The Morgan fingerprint density at radius 3 is 2.30 bits per heavy atom. The summed E-state index contributed by atoms with van der Waals surface area (Å²) in [6.07, 6.45) is 5.03. The molecule has 0 aliphatic carbocycles. The third-order valence-electron chi connectivity index (χ3n) is 14.3. The van der Waals surface area contributed by atoms with Gasteiger partial charge in [-0.05, 0) is 130 Å². The molecule has 3 N–H and O–H groups in total. The quantitative estimate of drug-likeness (QED) is 0.0683. The van der Waals surface area contributed by atoms with Crippen LogP contribution >= 0.6 is 11.6 Å². The molecular weight excluding hydrogens is 1040 g/mol. The number of fused-ring (bicyclic) bond motifs is 2. The highest BCUT2D eigenvalue weighted by atomic mass is 35.5. The number of aromatic nitrogens is 3. The van der Waals surface area contributed by atoms with Gasteiger partial charge in [0.15, 0.2) is 9.84 Å². The molecule has 6 heterocycles.